The van der Waals surface area contributed by atoms with Gasteiger partial charge in [-0.25, -0.2) is 19.9 Å². The van der Waals surface area contributed by atoms with Crippen LogP contribution in [0.2, 0.25) is 0 Å². The molecule has 1 atom stereocenters. The second kappa shape index (κ2) is 9.09. The summed E-state index contributed by atoms with van der Waals surface area (Å²) in [6, 6.07) is 15.4. The highest BCUT2D eigenvalue weighted by atomic mass is 16.4. The molecule has 1 saturated heterocycles. The van der Waals surface area contributed by atoms with Crippen LogP contribution < -0.4 is 0 Å². The molecule has 32 heavy (non-hydrogen) atoms. The van der Waals surface area contributed by atoms with Gasteiger partial charge in [-0.2, -0.15) is 0 Å². The first-order valence-corrected chi connectivity index (χ1v) is 10.8. The highest BCUT2D eigenvalue weighted by Gasteiger charge is 2.32. The zero-order valence-electron chi connectivity index (χ0n) is 17.6. The van der Waals surface area contributed by atoms with E-state index in [1.165, 1.54) is 6.33 Å². The maximum atomic E-state index is 13.4. The van der Waals surface area contributed by atoms with Crippen LogP contribution in [0.25, 0.3) is 11.3 Å². The minimum absolute atomic E-state index is 0.115. The molecule has 7 nitrogen and oxygen atoms in total. The summed E-state index contributed by atoms with van der Waals surface area (Å²) in [5.41, 5.74) is 3.01. The van der Waals surface area contributed by atoms with Crippen molar-refractivity contribution in [3.8, 4) is 11.3 Å². The van der Waals surface area contributed by atoms with Crippen molar-refractivity contribution in [3.05, 3.63) is 96.4 Å². The van der Waals surface area contributed by atoms with E-state index in [-0.39, 0.29) is 11.9 Å². The number of hydrogen-bond donors (Lipinski definition) is 0. The second-order valence-corrected chi connectivity index (χ2v) is 7.87. The summed E-state index contributed by atoms with van der Waals surface area (Å²) in [7, 11) is 0. The number of amides is 1. The highest BCUT2D eigenvalue weighted by molar-refractivity contribution is 5.93. The Balaban J connectivity index is 1.38. The average molecular weight is 425 g/mol. The number of benzene rings is 1. The van der Waals surface area contributed by atoms with Gasteiger partial charge in [0.2, 0.25) is 5.89 Å². The molecular weight excluding hydrogens is 402 g/mol. The molecule has 1 aliphatic heterocycles. The number of pyridine rings is 1. The van der Waals surface area contributed by atoms with E-state index in [4.69, 9.17) is 4.42 Å². The smallest absolute Gasteiger partial charge is 0.273 e. The van der Waals surface area contributed by atoms with Crippen molar-refractivity contribution in [1.29, 1.82) is 0 Å². The third-order valence-electron chi connectivity index (χ3n) is 5.67. The van der Waals surface area contributed by atoms with E-state index in [2.05, 4.69) is 32.1 Å². The average Bonchev–Trinajstić information content (AvgIpc) is 3.33. The van der Waals surface area contributed by atoms with E-state index < -0.39 is 0 Å². The minimum atomic E-state index is -0.189. The number of carbonyl (C=O) groups excluding carboxylic acids is 1. The lowest BCUT2D eigenvalue weighted by molar-refractivity contribution is 0.0564. The summed E-state index contributed by atoms with van der Waals surface area (Å²) in [5, 5.41) is 0. The molecular formula is C25H23N5O2. The molecule has 0 saturated carbocycles. The Hall–Kier alpha value is -3.87. The summed E-state index contributed by atoms with van der Waals surface area (Å²) in [4.78, 5) is 32.5. The Kier molecular flexibility index (Phi) is 5.70. The number of nitrogens with zero attached hydrogens (tertiary/aromatic N) is 5. The van der Waals surface area contributed by atoms with E-state index in [1.54, 1.807) is 24.7 Å². The van der Waals surface area contributed by atoms with E-state index in [9.17, 15) is 4.79 Å². The fourth-order valence-corrected chi connectivity index (χ4v) is 4.08. The molecule has 1 aliphatic rings. The standard InChI is InChI=1S/C25H23N5O2/c31-25(22-10-6-9-21(29-22)19-14-26-17-27-15-19)30-12-5-4-11-23(30)24-28-16-20(32-24)13-18-7-2-1-3-8-18/h1-3,6-10,14-17,23H,4-5,11-13H2. The summed E-state index contributed by atoms with van der Waals surface area (Å²) < 4.78 is 6.09. The molecule has 5 rings (SSSR count). The third kappa shape index (κ3) is 4.27. The first-order chi connectivity index (χ1) is 15.8. The van der Waals surface area contributed by atoms with Gasteiger partial charge in [0.25, 0.3) is 5.91 Å². The second-order valence-electron chi connectivity index (χ2n) is 7.87. The summed E-state index contributed by atoms with van der Waals surface area (Å²) in [6.07, 6.45) is 10.1. The van der Waals surface area contributed by atoms with Crippen LogP contribution >= 0.6 is 0 Å². The van der Waals surface area contributed by atoms with Crippen molar-refractivity contribution in [2.45, 2.75) is 31.7 Å². The monoisotopic (exact) mass is 425 g/mol. The number of aromatic nitrogens is 4. The molecule has 1 fully saturated rings. The van der Waals surface area contributed by atoms with Gasteiger partial charge in [-0.15, -0.1) is 0 Å². The van der Waals surface area contributed by atoms with Crippen LogP contribution in [0.1, 0.15) is 53.0 Å². The van der Waals surface area contributed by atoms with Crippen LogP contribution in [0.5, 0.6) is 0 Å². The van der Waals surface area contributed by atoms with Crippen LogP contribution in [0.4, 0.5) is 0 Å². The van der Waals surface area contributed by atoms with Crippen molar-refractivity contribution in [2.24, 2.45) is 0 Å². The zero-order chi connectivity index (χ0) is 21.8. The largest absolute Gasteiger partial charge is 0.443 e. The number of piperidine rings is 1. The number of hydrogen-bond acceptors (Lipinski definition) is 6. The first-order valence-electron chi connectivity index (χ1n) is 10.8. The van der Waals surface area contributed by atoms with Crippen molar-refractivity contribution in [3.63, 3.8) is 0 Å². The van der Waals surface area contributed by atoms with Gasteiger partial charge in [0.15, 0.2) is 0 Å². The van der Waals surface area contributed by atoms with E-state index in [0.29, 0.717) is 30.2 Å². The number of oxazole rings is 1. The lowest BCUT2D eigenvalue weighted by Crippen LogP contribution is -2.39. The van der Waals surface area contributed by atoms with Crippen molar-refractivity contribution < 1.29 is 9.21 Å². The Morgan fingerprint density at radius 1 is 1.00 bits per heavy atom. The number of rotatable bonds is 5. The topological polar surface area (TPSA) is 85.0 Å². The van der Waals surface area contributed by atoms with Gasteiger partial charge < -0.3 is 9.32 Å². The summed E-state index contributed by atoms with van der Waals surface area (Å²) >= 11 is 0. The molecule has 160 valence electrons. The summed E-state index contributed by atoms with van der Waals surface area (Å²) in [6.45, 7) is 0.653. The Bertz CT molecular complexity index is 1190. The van der Waals surface area contributed by atoms with Gasteiger partial charge in [0, 0.05) is 30.9 Å². The highest BCUT2D eigenvalue weighted by Crippen LogP contribution is 2.32. The summed E-state index contributed by atoms with van der Waals surface area (Å²) in [5.74, 6) is 1.28. The van der Waals surface area contributed by atoms with Crippen LogP contribution in [-0.2, 0) is 6.42 Å². The van der Waals surface area contributed by atoms with Gasteiger partial charge >= 0.3 is 0 Å². The van der Waals surface area contributed by atoms with Gasteiger partial charge in [0.05, 0.1) is 11.9 Å². The van der Waals surface area contributed by atoms with Crippen molar-refractivity contribution >= 4 is 5.91 Å². The van der Waals surface area contributed by atoms with Gasteiger partial charge in [-0.05, 0) is 37.0 Å². The fraction of sp³-hybridized carbons (Fsp3) is 0.240. The maximum absolute atomic E-state index is 13.4. The Labute approximate surface area is 186 Å². The molecule has 0 aliphatic carbocycles. The zero-order valence-corrected chi connectivity index (χ0v) is 17.6. The SMILES string of the molecule is O=C(c1cccc(-c2cncnc2)n1)N1CCCCC1c1ncc(Cc2ccccc2)o1. The Morgan fingerprint density at radius 2 is 1.84 bits per heavy atom. The lowest BCUT2D eigenvalue weighted by atomic mass is 10.0. The van der Waals surface area contributed by atoms with Crippen LogP contribution in [0, 0.1) is 0 Å². The molecule has 1 amide bonds. The quantitative estimate of drug-likeness (QED) is 0.469. The lowest BCUT2D eigenvalue weighted by Gasteiger charge is -2.33. The molecule has 1 unspecified atom stereocenters. The van der Waals surface area contributed by atoms with Crippen LogP contribution in [-0.4, -0.2) is 37.3 Å². The van der Waals surface area contributed by atoms with Crippen molar-refractivity contribution in [2.75, 3.05) is 6.54 Å². The van der Waals surface area contributed by atoms with E-state index >= 15 is 0 Å². The molecule has 4 aromatic rings. The van der Waals surface area contributed by atoms with Gasteiger partial charge in [0.1, 0.15) is 23.8 Å². The van der Waals surface area contributed by atoms with Crippen molar-refractivity contribution in [1.82, 2.24) is 24.8 Å². The Morgan fingerprint density at radius 3 is 2.69 bits per heavy atom. The molecule has 4 heterocycles. The predicted octanol–water partition coefficient (Wildman–Crippen LogP) is 4.48. The fourth-order valence-electron chi connectivity index (χ4n) is 4.08. The molecule has 0 spiro atoms. The van der Waals surface area contributed by atoms with Crippen LogP contribution in [0.3, 0.4) is 0 Å². The minimum Gasteiger partial charge on any atom is -0.443 e. The molecule has 7 heteroatoms. The number of carbonyl (C=O) groups is 1. The third-order valence-corrected chi connectivity index (χ3v) is 5.67. The predicted molar refractivity (Wildman–Crippen MR) is 119 cm³/mol. The normalized spacial score (nSPS) is 16.1. The van der Waals surface area contributed by atoms with Crippen LogP contribution in [0.15, 0.2) is 77.9 Å². The van der Waals surface area contributed by atoms with E-state index in [1.807, 2.05) is 35.2 Å². The molecule has 0 radical (unpaired) electrons. The molecule has 3 aromatic heterocycles. The molecule has 0 bridgehead atoms. The molecule has 1 aromatic carbocycles. The van der Waals surface area contributed by atoms with Gasteiger partial charge in [-0.3, -0.25) is 4.79 Å². The molecule has 0 N–H and O–H groups in total. The number of likely N-dealkylation sites (tertiary alicyclic amines) is 1. The van der Waals surface area contributed by atoms with Gasteiger partial charge in [-0.1, -0.05) is 36.4 Å². The first kappa shape index (κ1) is 20.1. The maximum Gasteiger partial charge on any atom is 0.273 e. The van der Waals surface area contributed by atoms with E-state index in [0.717, 1.165) is 36.1 Å².